The minimum absolute atomic E-state index is 0.315. The summed E-state index contributed by atoms with van der Waals surface area (Å²) in [5, 5.41) is 0. The van der Waals surface area contributed by atoms with Gasteiger partial charge in [0.25, 0.3) is 0 Å². The molecule has 0 aliphatic heterocycles. The highest BCUT2D eigenvalue weighted by atomic mass is 16.1. The third kappa shape index (κ3) is 0.808. The molecule has 0 bridgehead atoms. The van der Waals surface area contributed by atoms with Crippen LogP contribution in [0.4, 0.5) is 0 Å². The van der Waals surface area contributed by atoms with Crippen LogP contribution >= 0.6 is 0 Å². The number of carbonyl (C=O) groups is 1. The normalized spacial score (nSPS) is 34.1. The highest BCUT2D eigenvalue weighted by Crippen LogP contribution is 2.39. The molecule has 1 saturated carbocycles. The molecule has 1 aliphatic carbocycles. The van der Waals surface area contributed by atoms with Crippen LogP contribution in [0.25, 0.3) is 0 Å². The molecular formula is C7H10O. The van der Waals surface area contributed by atoms with Gasteiger partial charge in [0.05, 0.1) is 0 Å². The highest BCUT2D eigenvalue weighted by molar-refractivity contribution is 5.81. The molecule has 1 heteroatoms. The standard InChI is InChI=1S/C7H10O/c1-3-6-4-7(6)5(2)8/h3,6-7H,1,4H2,2H3/t6-,7+/m0/s1. The number of carbonyl (C=O) groups excluding carboxylic acids is 1. The predicted molar refractivity (Wildman–Crippen MR) is 32.5 cm³/mol. The Morgan fingerprint density at radius 3 is 2.62 bits per heavy atom. The SMILES string of the molecule is C=C[C@H]1C[C@@H]1C(C)=O. The largest absolute Gasteiger partial charge is 0.300 e. The van der Waals surface area contributed by atoms with Crippen LogP contribution in [0.2, 0.25) is 0 Å². The second-order valence-corrected chi connectivity index (χ2v) is 2.35. The molecule has 0 N–H and O–H groups in total. The Morgan fingerprint density at radius 2 is 2.50 bits per heavy atom. The smallest absolute Gasteiger partial charge is 0.133 e. The Morgan fingerprint density at radius 1 is 1.88 bits per heavy atom. The molecule has 1 nitrogen and oxygen atoms in total. The van der Waals surface area contributed by atoms with E-state index in [4.69, 9.17) is 0 Å². The fourth-order valence-electron chi connectivity index (χ4n) is 0.943. The maximum absolute atomic E-state index is 10.5. The third-order valence-electron chi connectivity index (χ3n) is 1.66. The Kier molecular flexibility index (Phi) is 1.20. The lowest BCUT2D eigenvalue weighted by Gasteiger charge is -1.82. The van der Waals surface area contributed by atoms with E-state index in [2.05, 4.69) is 6.58 Å². The first-order valence-corrected chi connectivity index (χ1v) is 2.88. The van der Waals surface area contributed by atoms with Crippen molar-refractivity contribution in [2.75, 3.05) is 0 Å². The first-order chi connectivity index (χ1) is 3.75. The number of allylic oxidation sites excluding steroid dienone is 1. The van der Waals surface area contributed by atoms with Crippen LogP contribution in [0.15, 0.2) is 12.7 Å². The van der Waals surface area contributed by atoms with E-state index in [0.29, 0.717) is 17.6 Å². The number of ketones is 1. The lowest BCUT2D eigenvalue weighted by atomic mass is 10.2. The van der Waals surface area contributed by atoms with Gasteiger partial charge in [0, 0.05) is 5.92 Å². The van der Waals surface area contributed by atoms with Crippen molar-refractivity contribution in [2.45, 2.75) is 13.3 Å². The van der Waals surface area contributed by atoms with Crippen molar-refractivity contribution < 1.29 is 4.79 Å². The maximum Gasteiger partial charge on any atom is 0.133 e. The number of Topliss-reactive ketones (excluding diaryl/α,β-unsaturated/α-hetero) is 1. The van der Waals surface area contributed by atoms with Crippen molar-refractivity contribution in [2.24, 2.45) is 11.8 Å². The summed E-state index contributed by atoms with van der Waals surface area (Å²) >= 11 is 0. The number of hydrogen-bond acceptors (Lipinski definition) is 1. The van der Waals surface area contributed by atoms with Gasteiger partial charge in [0.15, 0.2) is 0 Å². The zero-order valence-electron chi connectivity index (χ0n) is 5.05. The molecule has 0 unspecified atom stereocenters. The van der Waals surface area contributed by atoms with E-state index < -0.39 is 0 Å². The lowest BCUT2D eigenvalue weighted by molar-refractivity contribution is -0.118. The van der Waals surface area contributed by atoms with Crippen molar-refractivity contribution >= 4 is 5.78 Å². The van der Waals surface area contributed by atoms with Gasteiger partial charge in [-0.2, -0.15) is 0 Å². The minimum Gasteiger partial charge on any atom is -0.300 e. The lowest BCUT2D eigenvalue weighted by Crippen LogP contribution is -1.92. The van der Waals surface area contributed by atoms with E-state index in [-0.39, 0.29) is 0 Å². The molecule has 0 radical (unpaired) electrons. The van der Waals surface area contributed by atoms with Crippen LogP contribution in [0.3, 0.4) is 0 Å². The third-order valence-corrected chi connectivity index (χ3v) is 1.66. The van der Waals surface area contributed by atoms with E-state index in [9.17, 15) is 4.79 Å². The van der Waals surface area contributed by atoms with E-state index in [1.807, 2.05) is 6.08 Å². The van der Waals surface area contributed by atoms with Crippen LogP contribution in [-0.2, 0) is 4.79 Å². The number of rotatable bonds is 2. The molecule has 0 aromatic heterocycles. The average molecular weight is 110 g/mol. The predicted octanol–water partition coefficient (Wildman–Crippen LogP) is 1.40. The average Bonchev–Trinajstić information content (AvgIpc) is 2.42. The van der Waals surface area contributed by atoms with E-state index in [1.54, 1.807) is 6.92 Å². The molecule has 1 fully saturated rings. The van der Waals surface area contributed by atoms with E-state index in [1.165, 1.54) is 0 Å². The molecule has 1 aliphatic rings. The molecular weight excluding hydrogens is 100 g/mol. The Labute approximate surface area is 49.4 Å². The topological polar surface area (TPSA) is 17.1 Å². The molecule has 0 heterocycles. The second-order valence-electron chi connectivity index (χ2n) is 2.35. The van der Waals surface area contributed by atoms with E-state index in [0.717, 1.165) is 6.42 Å². The summed E-state index contributed by atoms with van der Waals surface area (Å²) < 4.78 is 0. The van der Waals surface area contributed by atoms with Gasteiger partial charge < -0.3 is 0 Å². The fourth-order valence-corrected chi connectivity index (χ4v) is 0.943. The van der Waals surface area contributed by atoms with Crippen molar-refractivity contribution in [3.05, 3.63) is 12.7 Å². The molecule has 0 aromatic carbocycles. The molecule has 8 heavy (non-hydrogen) atoms. The van der Waals surface area contributed by atoms with Crippen molar-refractivity contribution in [3.8, 4) is 0 Å². The minimum atomic E-state index is 0.315. The quantitative estimate of drug-likeness (QED) is 0.491. The summed E-state index contributed by atoms with van der Waals surface area (Å²) in [6, 6.07) is 0. The summed E-state index contributed by atoms with van der Waals surface area (Å²) in [5.41, 5.74) is 0. The van der Waals surface area contributed by atoms with Crippen LogP contribution in [-0.4, -0.2) is 5.78 Å². The van der Waals surface area contributed by atoms with Gasteiger partial charge in [-0.1, -0.05) is 6.08 Å². The molecule has 1 rings (SSSR count). The van der Waals surface area contributed by atoms with Crippen LogP contribution in [0.1, 0.15) is 13.3 Å². The van der Waals surface area contributed by atoms with Crippen LogP contribution in [0.5, 0.6) is 0 Å². The Bertz CT molecular complexity index is 126. The number of hydrogen-bond donors (Lipinski definition) is 0. The molecule has 44 valence electrons. The van der Waals surface area contributed by atoms with Gasteiger partial charge in [-0.05, 0) is 19.3 Å². The maximum atomic E-state index is 10.5. The summed E-state index contributed by atoms with van der Waals surface area (Å²) in [6.07, 6.45) is 2.91. The first-order valence-electron chi connectivity index (χ1n) is 2.88. The van der Waals surface area contributed by atoms with Gasteiger partial charge in [-0.15, -0.1) is 6.58 Å². The molecule has 0 spiro atoms. The van der Waals surface area contributed by atoms with Gasteiger partial charge in [-0.25, -0.2) is 0 Å². The Balaban J connectivity index is 2.36. The van der Waals surface area contributed by atoms with E-state index >= 15 is 0 Å². The second kappa shape index (κ2) is 1.73. The van der Waals surface area contributed by atoms with Crippen LogP contribution in [0, 0.1) is 11.8 Å². The molecule has 2 atom stereocenters. The molecule has 0 amide bonds. The van der Waals surface area contributed by atoms with Crippen molar-refractivity contribution in [1.82, 2.24) is 0 Å². The zero-order valence-corrected chi connectivity index (χ0v) is 5.05. The summed E-state index contributed by atoms with van der Waals surface area (Å²) in [4.78, 5) is 10.5. The van der Waals surface area contributed by atoms with Gasteiger partial charge in [0.1, 0.15) is 5.78 Å². The van der Waals surface area contributed by atoms with Gasteiger partial charge >= 0.3 is 0 Å². The first kappa shape index (κ1) is 5.54. The fraction of sp³-hybridized carbons (Fsp3) is 0.571. The van der Waals surface area contributed by atoms with Crippen LogP contribution < -0.4 is 0 Å². The molecule has 0 saturated heterocycles. The highest BCUT2D eigenvalue weighted by Gasteiger charge is 2.37. The van der Waals surface area contributed by atoms with Crippen molar-refractivity contribution in [1.29, 1.82) is 0 Å². The Hall–Kier alpha value is -0.590. The van der Waals surface area contributed by atoms with Gasteiger partial charge in [0.2, 0.25) is 0 Å². The van der Waals surface area contributed by atoms with Crippen molar-refractivity contribution in [3.63, 3.8) is 0 Å². The van der Waals surface area contributed by atoms with Gasteiger partial charge in [-0.3, -0.25) is 4.79 Å². The summed E-state index contributed by atoms with van der Waals surface area (Å²) in [7, 11) is 0. The summed E-state index contributed by atoms with van der Waals surface area (Å²) in [6.45, 7) is 5.25. The molecule has 0 aromatic rings. The zero-order chi connectivity index (χ0) is 6.15. The monoisotopic (exact) mass is 110 g/mol. The summed E-state index contributed by atoms with van der Waals surface area (Å²) in [5.74, 6) is 1.15.